The first-order valence-corrected chi connectivity index (χ1v) is 7.32. The number of likely N-dealkylation sites (tertiary alicyclic amines) is 1. The van der Waals surface area contributed by atoms with Crippen molar-refractivity contribution in [2.75, 3.05) is 13.1 Å². The van der Waals surface area contributed by atoms with Gasteiger partial charge in [-0.05, 0) is 51.9 Å². The molecule has 1 heterocycles. The van der Waals surface area contributed by atoms with E-state index in [1.54, 1.807) is 6.07 Å². The van der Waals surface area contributed by atoms with Gasteiger partial charge >= 0.3 is 0 Å². The van der Waals surface area contributed by atoms with Gasteiger partial charge in [0.15, 0.2) is 0 Å². The molecule has 1 aromatic carbocycles. The Morgan fingerprint density at radius 2 is 2.11 bits per heavy atom. The van der Waals surface area contributed by atoms with Gasteiger partial charge in [-0.15, -0.1) is 0 Å². The molecule has 1 aliphatic heterocycles. The topological polar surface area (TPSA) is 20.3 Å². The molecule has 1 fully saturated rings. The molecule has 1 atom stereocenters. The molecule has 1 aliphatic rings. The van der Waals surface area contributed by atoms with Crippen molar-refractivity contribution in [2.45, 2.75) is 27.2 Å². The van der Waals surface area contributed by atoms with Crippen molar-refractivity contribution >= 4 is 21.8 Å². The highest BCUT2D eigenvalue weighted by molar-refractivity contribution is 9.10. The third-order valence-electron chi connectivity index (χ3n) is 3.86. The Hall–Kier alpha value is -0.900. The van der Waals surface area contributed by atoms with Crippen LogP contribution in [0.2, 0.25) is 0 Å². The molecule has 4 heteroatoms. The summed E-state index contributed by atoms with van der Waals surface area (Å²) in [6, 6.07) is 4.21. The lowest BCUT2D eigenvalue weighted by Crippen LogP contribution is -2.31. The van der Waals surface area contributed by atoms with Crippen molar-refractivity contribution in [3.63, 3.8) is 0 Å². The molecular formula is C15H19BrFNO. The number of amides is 1. The van der Waals surface area contributed by atoms with E-state index in [0.717, 1.165) is 19.5 Å². The lowest BCUT2D eigenvalue weighted by Gasteiger charge is -2.27. The number of hydrogen-bond donors (Lipinski definition) is 0. The number of carbonyl (C=O) groups excluding carboxylic acids is 1. The van der Waals surface area contributed by atoms with Crippen molar-refractivity contribution in [3.05, 3.63) is 34.1 Å². The minimum Gasteiger partial charge on any atom is -0.338 e. The van der Waals surface area contributed by atoms with Crippen LogP contribution in [0.1, 0.15) is 37.6 Å². The molecule has 1 aromatic rings. The van der Waals surface area contributed by atoms with E-state index in [-0.39, 0.29) is 17.1 Å². The van der Waals surface area contributed by atoms with Gasteiger partial charge in [-0.2, -0.15) is 0 Å². The zero-order valence-corrected chi connectivity index (χ0v) is 13.1. The molecule has 0 aromatic heterocycles. The first-order valence-electron chi connectivity index (χ1n) is 6.53. The molecule has 0 aliphatic carbocycles. The zero-order chi connectivity index (χ0) is 14.2. The maximum absolute atomic E-state index is 13.1. The summed E-state index contributed by atoms with van der Waals surface area (Å²) in [5.41, 5.74) is 0.755. The summed E-state index contributed by atoms with van der Waals surface area (Å²) in [7, 11) is 0. The molecule has 2 nitrogen and oxygen atoms in total. The predicted octanol–water partition coefficient (Wildman–Crippen LogP) is 4.10. The summed E-state index contributed by atoms with van der Waals surface area (Å²) < 4.78 is 13.6. The summed E-state index contributed by atoms with van der Waals surface area (Å²) in [6.07, 6.45) is 1.04. The molecule has 1 unspecified atom stereocenters. The molecule has 0 saturated carbocycles. The van der Waals surface area contributed by atoms with E-state index in [2.05, 4.69) is 36.7 Å². The third-order valence-corrected chi connectivity index (χ3v) is 4.52. The van der Waals surface area contributed by atoms with Crippen molar-refractivity contribution < 1.29 is 9.18 Å². The van der Waals surface area contributed by atoms with Crippen molar-refractivity contribution in [1.82, 2.24) is 4.90 Å². The van der Waals surface area contributed by atoms with E-state index in [1.165, 1.54) is 12.1 Å². The second-order valence-electron chi connectivity index (χ2n) is 6.23. The molecule has 0 spiro atoms. The lowest BCUT2D eigenvalue weighted by molar-refractivity contribution is 0.0775. The number of nitrogens with zero attached hydrogens (tertiary/aromatic N) is 1. The van der Waals surface area contributed by atoms with Gasteiger partial charge in [0.2, 0.25) is 0 Å². The number of benzene rings is 1. The minimum atomic E-state index is -0.336. The zero-order valence-electron chi connectivity index (χ0n) is 11.5. The van der Waals surface area contributed by atoms with E-state index in [0.29, 0.717) is 16.0 Å². The Morgan fingerprint density at radius 1 is 1.42 bits per heavy atom. The molecule has 0 N–H and O–H groups in total. The highest BCUT2D eigenvalue weighted by Gasteiger charge is 2.34. The second-order valence-corrected chi connectivity index (χ2v) is 7.08. The van der Waals surface area contributed by atoms with Crippen LogP contribution in [0.4, 0.5) is 4.39 Å². The highest BCUT2D eigenvalue weighted by atomic mass is 79.9. The molecule has 104 valence electrons. The van der Waals surface area contributed by atoms with Gasteiger partial charge < -0.3 is 4.90 Å². The summed E-state index contributed by atoms with van der Waals surface area (Å²) >= 11 is 3.26. The SMILES string of the molecule is CC(C)(C)C1CCN(C(=O)c2ccc(F)cc2Br)C1. The van der Waals surface area contributed by atoms with Gasteiger partial charge in [-0.25, -0.2) is 4.39 Å². The van der Waals surface area contributed by atoms with Gasteiger partial charge in [0, 0.05) is 17.6 Å². The Morgan fingerprint density at radius 3 is 2.63 bits per heavy atom. The van der Waals surface area contributed by atoms with Gasteiger partial charge in [-0.1, -0.05) is 20.8 Å². The Bertz CT molecular complexity index is 495. The smallest absolute Gasteiger partial charge is 0.255 e. The van der Waals surface area contributed by atoms with Crippen molar-refractivity contribution in [2.24, 2.45) is 11.3 Å². The molecule has 0 bridgehead atoms. The number of rotatable bonds is 1. The summed E-state index contributed by atoms with van der Waals surface area (Å²) in [6.45, 7) is 8.19. The second kappa shape index (κ2) is 5.23. The Labute approximate surface area is 122 Å². The number of hydrogen-bond acceptors (Lipinski definition) is 1. The van der Waals surface area contributed by atoms with Gasteiger partial charge in [0.25, 0.3) is 5.91 Å². The third kappa shape index (κ3) is 3.16. The molecule has 1 amide bonds. The predicted molar refractivity (Wildman–Crippen MR) is 77.6 cm³/mol. The Balaban J connectivity index is 2.14. The summed E-state index contributed by atoms with van der Waals surface area (Å²) in [4.78, 5) is 14.3. The van der Waals surface area contributed by atoms with Crippen LogP contribution >= 0.6 is 15.9 Å². The van der Waals surface area contributed by atoms with E-state index in [9.17, 15) is 9.18 Å². The normalized spacial score (nSPS) is 19.8. The highest BCUT2D eigenvalue weighted by Crippen LogP contribution is 2.34. The van der Waals surface area contributed by atoms with E-state index >= 15 is 0 Å². The van der Waals surface area contributed by atoms with Gasteiger partial charge in [0.1, 0.15) is 5.82 Å². The number of halogens is 2. The average molecular weight is 328 g/mol. The largest absolute Gasteiger partial charge is 0.338 e. The molecular weight excluding hydrogens is 309 g/mol. The fourth-order valence-electron chi connectivity index (χ4n) is 2.48. The molecule has 1 saturated heterocycles. The number of carbonyl (C=O) groups is 1. The fraction of sp³-hybridized carbons (Fsp3) is 0.533. The van der Waals surface area contributed by atoms with Gasteiger partial charge in [0.05, 0.1) is 5.56 Å². The Kier molecular flexibility index (Phi) is 4.00. The minimum absolute atomic E-state index is 0.0152. The van der Waals surface area contributed by atoms with Crippen LogP contribution in [-0.4, -0.2) is 23.9 Å². The molecule has 0 radical (unpaired) electrons. The van der Waals surface area contributed by atoms with Crippen LogP contribution in [0.25, 0.3) is 0 Å². The maximum Gasteiger partial charge on any atom is 0.255 e. The van der Waals surface area contributed by atoms with Gasteiger partial charge in [-0.3, -0.25) is 4.79 Å². The van der Waals surface area contributed by atoms with E-state index < -0.39 is 0 Å². The van der Waals surface area contributed by atoms with Crippen LogP contribution < -0.4 is 0 Å². The molecule has 19 heavy (non-hydrogen) atoms. The monoisotopic (exact) mass is 327 g/mol. The van der Waals surface area contributed by atoms with Crippen molar-refractivity contribution in [1.29, 1.82) is 0 Å². The average Bonchev–Trinajstić information content (AvgIpc) is 2.76. The van der Waals surface area contributed by atoms with Crippen LogP contribution in [0.15, 0.2) is 22.7 Å². The van der Waals surface area contributed by atoms with Crippen LogP contribution in [-0.2, 0) is 0 Å². The summed E-state index contributed by atoms with van der Waals surface area (Å²) in [5, 5.41) is 0. The maximum atomic E-state index is 13.1. The summed E-state index contributed by atoms with van der Waals surface area (Å²) in [5.74, 6) is 0.173. The van der Waals surface area contributed by atoms with Crippen molar-refractivity contribution in [3.8, 4) is 0 Å². The van der Waals surface area contributed by atoms with E-state index in [4.69, 9.17) is 0 Å². The quantitative estimate of drug-likeness (QED) is 0.760. The lowest BCUT2D eigenvalue weighted by atomic mass is 9.80. The first-order chi connectivity index (χ1) is 8.79. The van der Waals surface area contributed by atoms with Crippen LogP contribution in [0.3, 0.4) is 0 Å². The fourth-order valence-corrected chi connectivity index (χ4v) is 3.01. The van der Waals surface area contributed by atoms with Crippen LogP contribution in [0.5, 0.6) is 0 Å². The van der Waals surface area contributed by atoms with E-state index in [1.807, 2.05) is 4.90 Å². The first kappa shape index (κ1) is 14.5. The van der Waals surface area contributed by atoms with Crippen LogP contribution in [0, 0.1) is 17.2 Å². The molecule has 2 rings (SSSR count). The standard InChI is InChI=1S/C15H19BrFNO/c1-15(2,3)10-6-7-18(9-10)14(19)12-5-4-11(17)8-13(12)16/h4-5,8,10H,6-7,9H2,1-3H3.